The zero-order valence-electron chi connectivity index (χ0n) is 9.03. The number of carbonyl (C=O) groups is 2. The van der Waals surface area contributed by atoms with Crippen molar-refractivity contribution in [1.82, 2.24) is 0 Å². The number of ether oxygens (including phenoxy) is 1. The Morgan fingerprint density at radius 1 is 1.31 bits per heavy atom. The molecule has 0 spiro atoms. The molecule has 0 bridgehead atoms. The highest BCUT2D eigenvalue weighted by Crippen LogP contribution is 2.13. The molecule has 0 aliphatic carbocycles. The van der Waals surface area contributed by atoms with Gasteiger partial charge in [-0.25, -0.2) is 0 Å². The third-order valence-corrected chi connectivity index (χ3v) is 1.91. The molecule has 1 aromatic carbocycles. The van der Waals surface area contributed by atoms with Gasteiger partial charge in [0.05, 0.1) is 6.42 Å². The summed E-state index contributed by atoms with van der Waals surface area (Å²) in [6.45, 7) is 1.59. The van der Waals surface area contributed by atoms with Crippen molar-refractivity contribution in [2.45, 2.75) is 13.3 Å². The molecular weight excluding hydrogens is 204 g/mol. The average Bonchev–Trinajstić information content (AvgIpc) is 2.26. The van der Waals surface area contributed by atoms with Gasteiger partial charge in [-0.15, -0.1) is 6.42 Å². The average molecular weight is 216 g/mol. The van der Waals surface area contributed by atoms with Gasteiger partial charge in [0.15, 0.2) is 5.78 Å². The van der Waals surface area contributed by atoms with Crippen molar-refractivity contribution in [3.8, 4) is 18.1 Å². The Hall–Kier alpha value is -2.08. The highest BCUT2D eigenvalue weighted by molar-refractivity contribution is 6.07. The maximum absolute atomic E-state index is 11.5. The second-order valence-corrected chi connectivity index (χ2v) is 3.32. The topological polar surface area (TPSA) is 43.4 Å². The Kier molecular flexibility index (Phi) is 4.28. The van der Waals surface area contributed by atoms with Crippen LogP contribution < -0.4 is 4.74 Å². The smallest absolute Gasteiger partial charge is 0.170 e. The van der Waals surface area contributed by atoms with Crippen LogP contribution in [-0.4, -0.2) is 18.2 Å². The molecule has 0 atom stereocenters. The zero-order valence-corrected chi connectivity index (χ0v) is 9.03. The number of terminal acetylenes is 1. The Bertz CT molecular complexity index is 423. The minimum atomic E-state index is -0.184. The predicted molar refractivity (Wildman–Crippen MR) is 60.4 cm³/mol. The van der Waals surface area contributed by atoms with Crippen molar-refractivity contribution in [3.63, 3.8) is 0 Å². The summed E-state index contributed by atoms with van der Waals surface area (Å²) in [6.07, 6.45) is 4.98. The Labute approximate surface area is 94.4 Å². The van der Waals surface area contributed by atoms with Gasteiger partial charge in [0.25, 0.3) is 0 Å². The van der Waals surface area contributed by atoms with Gasteiger partial charge in [-0.3, -0.25) is 9.59 Å². The van der Waals surface area contributed by atoms with Crippen LogP contribution in [-0.2, 0) is 4.79 Å². The number of carbonyl (C=O) groups excluding carboxylic acids is 2. The Morgan fingerprint density at radius 2 is 1.94 bits per heavy atom. The maximum atomic E-state index is 11.5. The minimum absolute atomic E-state index is 0.0649. The predicted octanol–water partition coefficient (Wildman–Crippen LogP) is 1.86. The summed E-state index contributed by atoms with van der Waals surface area (Å²) in [5, 5.41) is 0. The van der Waals surface area contributed by atoms with Crippen LogP contribution in [0.5, 0.6) is 5.75 Å². The summed E-state index contributed by atoms with van der Waals surface area (Å²) in [5.74, 6) is 2.63. The number of hydrogen-bond donors (Lipinski definition) is 0. The highest BCUT2D eigenvalue weighted by atomic mass is 16.5. The lowest BCUT2D eigenvalue weighted by Gasteiger charge is -2.03. The molecule has 1 aromatic rings. The van der Waals surface area contributed by atoms with Gasteiger partial charge in [0.2, 0.25) is 0 Å². The van der Waals surface area contributed by atoms with Gasteiger partial charge in [0.1, 0.15) is 18.1 Å². The Balaban J connectivity index is 2.67. The van der Waals surface area contributed by atoms with E-state index in [1.165, 1.54) is 6.92 Å². The molecule has 0 aliphatic heterocycles. The van der Waals surface area contributed by atoms with E-state index in [-0.39, 0.29) is 24.6 Å². The molecule has 0 fully saturated rings. The van der Waals surface area contributed by atoms with Gasteiger partial charge in [0, 0.05) is 5.56 Å². The van der Waals surface area contributed by atoms with E-state index in [4.69, 9.17) is 11.2 Å². The summed E-state index contributed by atoms with van der Waals surface area (Å²) in [4.78, 5) is 22.3. The van der Waals surface area contributed by atoms with Crippen molar-refractivity contribution < 1.29 is 14.3 Å². The second-order valence-electron chi connectivity index (χ2n) is 3.32. The monoisotopic (exact) mass is 216 g/mol. The molecule has 0 N–H and O–H groups in total. The lowest BCUT2D eigenvalue weighted by atomic mass is 10.1. The van der Waals surface area contributed by atoms with Crippen molar-refractivity contribution in [1.29, 1.82) is 0 Å². The van der Waals surface area contributed by atoms with Crippen LogP contribution >= 0.6 is 0 Å². The first-order chi connectivity index (χ1) is 7.63. The molecule has 0 unspecified atom stereocenters. The van der Waals surface area contributed by atoms with Gasteiger partial charge in [-0.05, 0) is 31.2 Å². The van der Waals surface area contributed by atoms with Crippen LogP contribution in [0.2, 0.25) is 0 Å². The van der Waals surface area contributed by atoms with E-state index in [2.05, 4.69) is 5.92 Å². The van der Waals surface area contributed by atoms with Crippen LogP contribution in [0.25, 0.3) is 0 Å². The van der Waals surface area contributed by atoms with E-state index in [1.54, 1.807) is 24.3 Å². The molecule has 1 rings (SSSR count). The van der Waals surface area contributed by atoms with Crippen molar-refractivity contribution >= 4 is 11.6 Å². The van der Waals surface area contributed by atoms with E-state index in [0.29, 0.717) is 11.3 Å². The molecule has 3 nitrogen and oxygen atoms in total. The van der Waals surface area contributed by atoms with Gasteiger partial charge < -0.3 is 4.74 Å². The highest BCUT2D eigenvalue weighted by Gasteiger charge is 2.08. The molecule has 0 aliphatic rings. The first-order valence-corrected chi connectivity index (χ1v) is 4.82. The number of ketones is 2. The quantitative estimate of drug-likeness (QED) is 0.428. The van der Waals surface area contributed by atoms with Crippen LogP contribution in [0.3, 0.4) is 0 Å². The number of hydrogen-bond acceptors (Lipinski definition) is 3. The third-order valence-electron chi connectivity index (χ3n) is 1.91. The van der Waals surface area contributed by atoms with E-state index in [1.807, 2.05) is 0 Å². The fraction of sp³-hybridized carbons (Fsp3) is 0.231. The maximum Gasteiger partial charge on any atom is 0.170 e. The molecule has 0 amide bonds. The zero-order chi connectivity index (χ0) is 12.0. The van der Waals surface area contributed by atoms with E-state index in [0.717, 1.165) is 0 Å². The molecular formula is C13H12O3. The second kappa shape index (κ2) is 5.72. The SMILES string of the molecule is C#CCOc1ccc(C(=O)CC(C)=O)cc1. The standard InChI is InChI=1S/C13H12O3/c1-3-8-16-12-6-4-11(5-7-12)13(15)9-10(2)14/h1,4-7H,8-9H2,2H3. The molecule has 0 aromatic heterocycles. The number of Topliss-reactive ketones (excluding diaryl/α,β-unsaturated/α-hetero) is 2. The lowest BCUT2D eigenvalue weighted by molar-refractivity contribution is -0.116. The fourth-order valence-corrected chi connectivity index (χ4v) is 1.19. The van der Waals surface area contributed by atoms with E-state index < -0.39 is 0 Å². The molecule has 82 valence electrons. The van der Waals surface area contributed by atoms with Gasteiger partial charge in [-0.1, -0.05) is 5.92 Å². The third kappa shape index (κ3) is 3.58. The fourth-order valence-electron chi connectivity index (χ4n) is 1.19. The van der Waals surface area contributed by atoms with Crippen LogP contribution in [0.1, 0.15) is 23.7 Å². The molecule has 0 saturated heterocycles. The molecule has 16 heavy (non-hydrogen) atoms. The first kappa shape index (κ1) is 12.0. The van der Waals surface area contributed by atoms with E-state index in [9.17, 15) is 9.59 Å². The largest absolute Gasteiger partial charge is 0.481 e. The number of benzene rings is 1. The van der Waals surface area contributed by atoms with E-state index >= 15 is 0 Å². The first-order valence-electron chi connectivity index (χ1n) is 4.82. The van der Waals surface area contributed by atoms with Gasteiger partial charge in [-0.2, -0.15) is 0 Å². The summed E-state index contributed by atoms with van der Waals surface area (Å²) in [7, 11) is 0. The van der Waals surface area contributed by atoms with Crippen molar-refractivity contribution in [3.05, 3.63) is 29.8 Å². The summed E-state index contributed by atoms with van der Waals surface area (Å²) in [5.41, 5.74) is 0.503. The van der Waals surface area contributed by atoms with Crippen molar-refractivity contribution in [2.75, 3.05) is 6.61 Å². The Morgan fingerprint density at radius 3 is 2.44 bits per heavy atom. The van der Waals surface area contributed by atoms with Crippen LogP contribution in [0.4, 0.5) is 0 Å². The normalized spacial score (nSPS) is 9.25. The van der Waals surface area contributed by atoms with Crippen molar-refractivity contribution in [2.24, 2.45) is 0 Å². The number of rotatable bonds is 5. The summed E-state index contributed by atoms with van der Waals surface area (Å²) < 4.78 is 5.16. The molecule has 0 heterocycles. The lowest BCUT2D eigenvalue weighted by Crippen LogP contribution is -2.04. The van der Waals surface area contributed by atoms with Gasteiger partial charge >= 0.3 is 0 Å². The van der Waals surface area contributed by atoms with Crippen LogP contribution in [0, 0.1) is 12.3 Å². The molecule has 0 saturated carbocycles. The summed E-state index contributed by atoms with van der Waals surface area (Å²) in [6, 6.07) is 6.56. The molecule has 0 radical (unpaired) electrons. The summed E-state index contributed by atoms with van der Waals surface area (Å²) >= 11 is 0. The molecule has 3 heteroatoms. The minimum Gasteiger partial charge on any atom is -0.481 e. The van der Waals surface area contributed by atoms with Crippen LogP contribution in [0.15, 0.2) is 24.3 Å².